The van der Waals surface area contributed by atoms with Crippen molar-refractivity contribution in [1.82, 2.24) is 5.32 Å². The number of aliphatic hydroxyl groups excluding tert-OH is 1. The average molecular weight is 194 g/mol. The first-order valence-corrected chi connectivity index (χ1v) is 3.45. The van der Waals surface area contributed by atoms with Gasteiger partial charge >= 0.3 is 5.97 Å². The molecule has 4 nitrogen and oxygen atoms in total. The van der Waals surface area contributed by atoms with Crippen LogP contribution in [0.1, 0.15) is 6.42 Å². The molecule has 70 valence electrons. The number of hydrogen-bond donors (Lipinski definition) is 2. The number of carbonyl (C=O) groups excluding carboxylic acids is 1. The summed E-state index contributed by atoms with van der Waals surface area (Å²) in [6.07, 6.45) is 0.540. The van der Waals surface area contributed by atoms with Crippen molar-refractivity contribution in [2.45, 2.75) is 6.42 Å². The topological polar surface area (TPSA) is 58.6 Å². The predicted molar refractivity (Wildman–Crippen MR) is 46.4 cm³/mol. The third kappa shape index (κ3) is 2.39. The van der Waals surface area contributed by atoms with E-state index in [9.17, 15) is 9.90 Å². The van der Waals surface area contributed by atoms with Gasteiger partial charge in [-0.1, -0.05) is 0 Å². The summed E-state index contributed by atoms with van der Waals surface area (Å²) in [5.41, 5.74) is 0.395. The number of hydrogen-bond acceptors (Lipinski definition) is 4. The lowest BCUT2D eigenvalue weighted by molar-refractivity contribution is -0.136. The van der Waals surface area contributed by atoms with Crippen LogP contribution < -0.4 is 5.32 Å². The lowest BCUT2D eigenvalue weighted by atomic mass is 10.1. The molecule has 0 atom stereocenters. The molecule has 0 aromatic heterocycles. The minimum atomic E-state index is -0.427. The van der Waals surface area contributed by atoms with Crippen LogP contribution in [0.3, 0.4) is 0 Å². The summed E-state index contributed by atoms with van der Waals surface area (Å²) in [6, 6.07) is 0. The molecular weight excluding hydrogens is 182 g/mol. The van der Waals surface area contributed by atoms with Crippen molar-refractivity contribution in [3.63, 3.8) is 0 Å². The molecule has 1 heterocycles. The van der Waals surface area contributed by atoms with Crippen LogP contribution in [0, 0.1) is 0 Å². The van der Waals surface area contributed by atoms with E-state index in [2.05, 4.69) is 10.1 Å². The Hall–Kier alpha value is -0.740. The maximum Gasteiger partial charge on any atom is 0.337 e. The van der Waals surface area contributed by atoms with Crippen LogP contribution in [0.25, 0.3) is 0 Å². The number of aliphatic hydroxyl groups is 1. The summed E-state index contributed by atoms with van der Waals surface area (Å²) < 4.78 is 4.48. The zero-order chi connectivity index (χ0) is 8.27. The largest absolute Gasteiger partial charge is 0.510 e. The van der Waals surface area contributed by atoms with Gasteiger partial charge in [0.05, 0.1) is 19.2 Å². The Kier molecular flexibility index (Phi) is 4.70. The first-order chi connectivity index (χ1) is 5.25. The Morgan fingerprint density at radius 1 is 1.67 bits per heavy atom. The summed E-state index contributed by atoms with van der Waals surface area (Å²) >= 11 is 0. The highest BCUT2D eigenvalue weighted by molar-refractivity contribution is 5.89. The van der Waals surface area contributed by atoms with Crippen molar-refractivity contribution in [2.24, 2.45) is 0 Å². The molecule has 0 aromatic rings. The van der Waals surface area contributed by atoms with Crippen molar-refractivity contribution in [2.75, 3.05) is 20.2 Å². The van der Waals surface area contributed by atoms with Crippen LogP contribution in [-0.4, -0.2) is 31.3 Å². The van der Waals surface area contributed by atoms with E-state index in [1.165, 1.54) is 7.11 Å². The molecule has 2 N–H and O–H groups in total. The van der Waals surface area contributed by atoms with E-state index in [0.29, 0.717) is 25.1 Å². The fraction of sp³-hybridized carbons (Fsp3) is 0.571. The average Bonchev–Trinajstić information content (AvgIpc) is 2.04. The third-order valence-electron chi connectivity index (χ3n) is 1.62. The van der Waals surface area contributed by atoms with Crippen molar-refractivity contribution in [3.05, 3.63) is 11.3 Å². The Morgan fingerprint density at radius 2 is 2.33 bits per heavy atom. The van der Waals surface area contributed by atoms with E-state index in [4.69, 9.17) is 0 Å². The summed E-state index contributed by atoms with van der Waals surface area (Å²) in [6.45, 7) is 1.08. The van der Waals surface area contributed by atoms with Crippen LogP contribution in [0.2, 0.25) is 0 Å². The van der Waals surface area contributed by atoms with Crippen molar-refractivity contribution in [1.29, 1.82) is 0 Å². The fourth-order valence-electron chi connectivity index (χ4n) is 1.01. The molecule has 0 bridgehead atoms. The van der Waals surface area contributed by atoms with E-state index in [-0.39, 0.29) is 18.2 Å². The van der Waals surface area contributed by atoms with Gasteiger partial charge in [-0.3, -0.25) is 0 Å². The van der Waals surface area contributed by atoms with Gasteiger partial charge < -0.3 is 15.2 Å². The van der Waals surface area contributed by atoms with Gasteiger partial charge in [-0.25, -0.2) is 4.79 Å². The molecule has 0 aromatic carbocycles. The number of esters is 1. The highest BCUT2D eigenvalue weighted by Crippen LogP contribution is 2.10. The predicted octanol–water partition coefficient (Wildman–Crippen LogP) is 0.387. The van der Waals surface area contributed by atoms with E-state index >= 15 is 0 Å². The molecule has 5 heteroatoms. The Morgan fingerprint density at radius 3 is 2.83 bits per heavy atom. The molecule has 1 rings (SSSR count). The monoisotopic (exact) mass is 193 g/mol. The minimum absolute atomic E-state index is 0. The second kappa shape index (κ2) is 5.00. The first kappa shape index (κ1) is 11.3. The van der Waals surface area contributed by atoms with Gasteiger partial charge in [0.2, 0.25) is 0 Å². The standard InChI is InChI=1S/C7H11NO3.ClH/c1-11-7(10)5-2-3-8-4-6(5)9;/h8-9H,2-4H2,1H3;1H. The lowest BCUT2D eigenvalue weighted by Crippen LogP contribution is -2.28. The highest BCUT2D eigenvalue weighted by atomic mass is 35.5. The summed E-state index contributed by atoms with van der Waals surface area (Å²) in [7, 11) is 1.31. The summed E-state index contributed by atoms with van der Waals surface area (Å²) in [4.78, 5) is 10.9. The summed E-state index contributed by atoms with van der Waals surface area (Å²) in [5.74, 6) is -0.327. The molecule has 0 aliphatic carbocycles. The number of nitrogens with one attached hydrogen (secondary N) is 1. The molecule has 0 fully saturated rings. The fourth-order valence-corrected chi connectivity index (χ4v) is 1.01. The number of methoxy groups -OCH3 is 1. The zero-order valence-corrected chi connectivity index (χ0v) is 7.61. The van der Waals surface area contributed by atoms with Gasteiger partial charge in [0.15, 0.2) is 0 Å². The quantitative estimate of drug-likeness (QED) is 0.592. The second-order valence-corrected chi connectivity index (χ2v) is 2.34. The third-order valence-corrected chi connectivity index (χ3v) is 1.62. The van der Waals surface area contributed by atoms with Crippen molar-refractivity contribution >= 4 is 18.4 Å². The molecule has 0 saturated carbocycles. The summed E-state index contributed by atoms with van der Waals surface area (Å²) in [5, 5.41) is 12.1. The van der Waals surface area contributed by atoms with Gasteiger partial charge in [0.25, 0.3) is 0 Å². The minimum Gasteiger partial charge on any atom is -0.510 e. The zero-order valence-electron chi connectivity index (χ0n) is 6.79. The van der Waals surface area contributed by atoms with Crippen molar-refractivity contribution in [3.8, 4) is 0 Å². The van der Waals surface area contributed by atoms with Crippen LogP contribution in [-0.2, 0) is 9.53 Å². The van der Waals surface area contributed by atoms with Gasteiger partial charge in [-0.2, -0.15) is 0 Å². The molecule has 1 aliphatic rings. The molecule has 0 amide bonds. The van der Waals surface area contributed by atoms with Crippen LogP contribution in [0.4, 0.5) is 0 Å². The second-order valence-electron chi connectivity index (χ2n) is 2.34. The lowest BCUT2D eigenvalue weighted by Gasteiger charge is -2.14. The maximum absolute atomic E-state index is 10.9. The van der Waals surface area contributed by atoms with Gasteiger partial charge in [-0.15, -0.1) is 12.4 Å². The molecule has 12 heavy (non-hydrogen) atoms. The van der Waals surface area contributed by atoms with E-state index in [0.717, 1.165) is 0 Å². The van der Waals surface area contributed by atoms with Crippen LogP contribution >= 0.6 is 12.4 Å². The molecule has 1 aliphatic heterocycles. The van der Waals surface area contributed by atoms with E-state index in [1.807, 2.05) is 0 Å². The number of rotatable bonds is 1. The normalized spacial score (nSPS) is 16.8. The Bertz CT molecular complexity index is 203. The molecule has 0 unspecified atom stereocenters. The van der Waals surface area contributed by atoms with E-state index < -0.39 is 5.97 Å². The molecule has 0 spiro atoms. The number of halogens is 1. The number of carbonyl (C=O) groups is 1. The van der Waals surface area contributed by atoms with Gasteiger partial charge in [0, 0.05) is 0 Å². The molecular formula is C7H12ClNO3. The molecule has 0 saturated heterocycles. The smallest absolute Gasteiger partial charge is 0.337 e. The van der Waals surface area contributed by atoms with Crippen LogP contribution in [0.15, 0.2) is 11.3 Å². The number of ether oxygens (including phenoxy) is 1. The van der Waals surface area contributed by atoms with E-state index in [1.54, 1.807) is 0 Å². The first-order valence-electron chi connectivity index (χ1n) is 3.45. The Labute approximate surface area is 77.0 Å². The van der Waals surface area contributed by atoms with Gasteiger partial charge in [0.1, 0.15) is 5.76 Å². The van der Waals surface area contributed by atoms with Crippen molar-refractivity contribution < 1.29 is 14.6 Å². The molecule has 0 radical (unpaired) electrons. The SMILES string of the molecule is COC(=O)C1=C(O)CNCC1.Cl. The highest BCUT2D eigenvalue weighted by Gasteiger charge is 2.18. The van der Waals surface area contributed by atoms with Gasteiger partial charge in [-0.05, 0) is 13.0 Å². The maximum atomic E-state index is 10.9. The Balaban J connectivity index is 0.00000121. The van der Waals surface area contributed by atoms with Crippen LogP contribution in [0.5, 0.6) is 0 Å².